The molecule has 11 heavy (non-hydrogen) atoms. The Kier molecular flexibility index (Phi) is 2.52. The lowest BCUT2D eigenvalue weighted by Gasteiger charge is -2.15. The van der Waals surface area contributed by atoms with E-state index in [1.807, 2.05) is 0 Å². The van der Waals surface area contributed by atoms with E-state index in [-0.39, 0.29) is 5.91 Å². The third kappa shape index (κ3) is 1.73. The van der Waals surface area contributed by atoms with Crippen LogP contribution in [0.5, 0.6) is 0 Å². The average molecular weight is 154 g/mol. The van der Waals surface area contributed by atoms with Gasteiger partial charge in [-0.3, -0.25) is 4.79 Å². The fraction of sp³-hybridized carbons (Fsp3) is 0.625. The first-order chi connectivity index (χ1) is 5.25. The summed E-state index contributed by atoms with van der Waals surface area (Å²) in [7, 11) is 1.64. The first-order valence-electron chi connectivity index (χ1n) is 3.95. The van der Waals surface area contributed by atoms with Crippen LogP contribution in [0.25, 0.3) is 0 Å². The van der Waals surface area contributed by atoms with Crippen molar-refractivity contribution in [2.45, 2.75) is 25.7 Å². The molecule has 0 spiro atoms. The van der Waals surface area contributed by atoms with Crippen molar-refractivity contribution in [2.24, 2.45) is 5.73 Å². The molecule has 0 aromatic heterocycles. The lowest BCUT2D eigenvalue weighted by atomic mass is 9.96. The molecule has 3 heteroatoms. The topological polar surface area (TPSA) is 55.1 Å². The number of carbonyl (C=O) groups excluding carboxylic acids is 1. The summed E-state index contributed by atoms with van der Waals surface area (Å²) in [6.45, 7) is 0. The molecular formula is C8H14N2O. The Morgan fingerprint density at radius 3 is 2.64 bits per heavy atom. The molecule has 1 rings (SSSR count). The fourth-order valence-electron chi connectivity index (χ4n) is 1.34. The van der Waals surface area contributed by atoms with Crippen molar-refractivity contribution >= 4 is 5.91 Å². The average Bonchev–Trinajstić information content (AvgIpc) is 2.04. The van der Waals surface area contributed by atoms with Crippen LogP contribution >= 0.6 is 0 Å². The highest BCUT2D eigenvalue weighted by Crippen LogP contribution is 2.20. The predicted octanol–water partition coefficient (Wildman–Crippen LogP) is 0.519. The molecular weight excluding hydrogens is 140 g/mol. The van der Waals surface area contributed by atoms with Gasteiger partial charge in [-0.25, -0.2) is 0 Å². The zero-order chi connectivity index (χ0) is 8.27. The van der Waals surface area contributed by atoms with E-state index >= 15 is 0 Å². The number of nitrogens with one attached hydrogen (secondary N) is 1. The molecule has 0 aromatic rings. The molecule has 1 aliphatic carbocycles. The number of carbonyl (C=O) groups is 1. The molecule has 0 aromatic carbocycles. The van der Waals surface area contributed by atoms with Crippen LogP contribution in [0.4, 0.5) is 0 Å². The van der Waals surface area contributed by atoms with Gasteiger partial charge in [-0.05, 0) is 25.7 Å². The van der Waals surface area contributed by atoms with Crippen LogP contribution in [0.1, 0.15) is 25.7 Å². The molecule has 0 heterocycles. The molecule has 0 bridgehead atoms. The Balaban J connectivity index is 2.74. The summed E-state index contributed by atoms with van der Waals surface area (Å²) in [6, 6.07) is 0. The second kappa shape index (κ2) is 3.42. The van der Waals surface area contributed by atoms with E-state index in [2.05, 4.69) is 5.32 Å². The van der Waals surface area contributed by atoms with Crippen LogP contribution in [0.2, 0.25) is 0 Å². The van der Waals surface area contributed by atoms with E-state index in [9.17, 15) is 4.79 Å². The van der Waals surface area contributed by atoms with E-state index in [1.54, 1.807) is 7.05 Å². The highest BCUT2D eigenvalue weighted by molar-refractivity contribution is 5.93. The Bertz CT molecular complexity index is 196. The van der Waals surface area contributed by atoms with E-state index in [1.165, 1.54) is 0 Å². The predicted molar refractivity (Wildman–Crippen MR) is 43.7 cm³/mol. The first-order valence-corrected chi connectivity index (χ1v) is 3.95. The highest BCUT2D eigenvalue weighted by atomic mass is 16.1. The van der Waals surface area contributed by atoms with Crippen molar-refractivity contribution in [3.63, 3.8) is 0 Å². The van der Waals surface area contributed by atoms with Gasteiger partial charge in [0.25, 0.3) is 0 Å². The minimum Gasteiger partial charge on any atom is -0.402 e. The molecule has 1 aliphatic rings. The van der Waals surface area contributed by atoms with Gasteiger partial charge >= 0.3 is 0 Å². The van der Waals surface area contributed by atoms with Crippen molar-refractivity contribution in [2.75, 3.05) is 7.05 Å². The number of likely N-dealkylation sites (N-methyl/N-ethyl adjacent to an activating group) is 1. The van der Waals surface area contributed by atoms with Gasteiger partial charge in [0, 0.05) is 18.3 Å². The van der Waals surface area contributed by atoms with E-state index < -0.39 is 0 Å². The minimum atomic E-state index is -0.0119. The van der Waals surface area contributed by atoms with Crippen molar-refractivity contribution in [3.8, 4) is 0 Å². The van der Waals surface area contributed by atoms with E-state index in [4.69, 9.17) is 5.73 Å². The van der Waals surface area contributed by atoms with Crippen molar-refractivity contribution in [1.29, 1.82) is 0 Å². The Morgan fingerprint density at radius 2 is 2.09 bits per heavy atom. The summed E-state index contributed by atoms with van der Waals surface area (Å²) in [6.07, 6.45) is 3.92. The molecule has 0 fully saturated rings. The highest BCUT2D eigenvalue weighted by Gasteiger charge is 2.15. The lowest BCUT2D eigenvalue weighted by Crippen LogP contribution is -2.24. The standard InChI is InChI=1S/C8H14N2O/c1-10-8(11)6-4-2-3-5-7(6)9/h2-5,9H2,1H3,(H,10,11). The number of hydrogen-bond acceptors (Lipinski definition) is 2. The van der Waals surface area contributed by atoms with Crippen LogP contribution in [0.15, 0.2) is 11.3 Å². The summed E-state index contributed by atoms with van der Waals surface area (Å²) in [5, 5.41) is 2.59. The first kappa shape index (κ1) is 8.11. The maximum Gasteiger partial charge on any atom is 0.248 e. The van der Waals surface area contributed by atoms with Crippen LogP contribution in [0.3, 0.4) is 0 Å². The van der Waals surface area contributed by atoms with Gasteiger partial charge in [0.15, 0.2) is 0 Å². The zero-order valence-corrected chi connectivity index (χ0v) is 6.81. The minimum absolute atomic E-state index is 0.0119. The molecule has 0 aliphatic heterocycles. The Labute approximate surface area is 66.6 Å². The molecule has 0 radical (unpaired) electrons. The van der Waals surface area contributed by atoms with Crippen molar-refractivity contribution in [3.05, 3.63) is 11.3 Å². The smallest absolute Gasteiger partial charge is 0.248 e. The molecule has 0 atom stereocenters. The van der Waals surface area contributed by atoms with Gasteiger partial charge in [-0.15, -0.1) is 0 Å². The van der Waals surface area contributed by atoms with Gasteiger partial charge in [0.05, 0.1) is 0 Å². The maximum absolute atomic E-state index is 11.1. The van der Waals surface area contributed by atoms with Gasteiger partial charge in [0.2, 0.25) is 5.91 Å². The van der Waals surface area contributed by atoms with Gasteiger partial charge in [-0.1, -0.05) is 0 Å². The Morgan fingerprint density at radius 1 is 1.45 bits per heavy atom. The summed E-state index contributed by atoms with van der Waals surface area (Å²) >= 11 is 0. The quantitative estimate of drug-likeness (QED) is 0.578. The number of amides is 1. The summed E-state index contributed by atoms with van der Waals surface area (Å²) < 4.78 is 0. The lowest BCUT2D eigenvalue weighted by molar-refractivity contribution is -0.117. The molecule has 3 N–H and O–H groups in total. The van der Waals surface area contributed by atoms with Gasteiger partial charge in [-0.2, -0.15) is 0 Å². The molecule has 62 valence electrons. The second-order valence-electron chi connectivity index (χ2n) is 2.79. The Hall–Kier alpha value is -0.990. The maximum atomic E-state index is 11.1. The van der Waals surface area contributed by atoms with E-state index in [0.29, 0.717) is 0 Å². The molecule has 1 amide bonds. The van der Waals surface area contributed by atoms with Gasteiger partial charge < -0.3 is 11.1 Å². The van der Waals surface area contributed by atoms with Crippen LogP contribution in [0, 0.1) is 0 Å². The molecule has 3 nitrogen and oxygen atoms in total. The largest absolute Gasteiger partial charge is 0.402 e. The van der Waals surface area contributed by atoms with Crippen molar-refractivity contribution < 1.29 is 4.79 Å². The van der Waals surface area contributed by atoms with Crippen LogP contribution < -0.4 is 11.1 Å². The van der Waals surface area contributed by atoms with E-state index in [0.717, 1.165) is 37.0 Å². The van der Waals surface area contributed by atoms with Crippen molar-refractivity contribution in [1.82, 2.24) is 5.32 Å². The third-order valence-electron chi connectivity index (χ3n) is 2.01. The zero-order valence-electron chi connectivity index (χ0n) is 6.81. The third-order valence-corrected chi connectivity index (χ3v) is 2.01. The number of hydrogen-bond donors (Lipinski definition) is 2. The summed E-state index contributed by atoms with van der Waals surface area (Å²) in [5.41, 5.74) is 7.24. The monoisotopic (exact) mass is 154 g/mol. The van der Waals surface area contributed by atoms with Crippen LogP contribution in [-0.4, -0.2) is 13.0 Å². The number of rotatable bonds is 1. The summed E-state index contributed by atoms with van der Waals surface area (Å²) in [4.78, 5) is 11.1. The number of allylic oxidation sites excluding steroid dienone is 1. The summed E-state index contributed by atoms with van der Waals surface area (Å²) in [5.74, 6) is -0.0119. The molecule has 0 saturated heterocycles. The SMILES string of the molecule is CNC(=O)C1=C(N)CCCC1. The normalized spacial score (nSPS) is 18.3. The number of nitrogens with two attached hydrogens (primary N) is 1. The van der Waals surface area contributed by atoms with Gasteiger partial charge in [0.1, 0.15) is 0 Å². The molecule has 0 saturated carbocycles. The second-order valence-corrected chi connectivity index (χ2v) is 2.79. The fourth-order valence-corrected chi connectivity index (χ4v) is 1.34. The van der Waals surface area contributed by atoms with Crippen LogP contribution in [-0.2, 0) is 4.79 Å². The molecule has 0 unspecified atom stereocenters.